The molecule has 1 aromatic carbocycles. The van der Waals surface area contributed by atoms with Gasteiger partial charge in [0, 0.05) is 5.38 Å². The molecule has 0 aliphatic heterocycles. The van der Waals surface area contributed by atoms with Gasteiger partial charge in [-0.3, -0.25) is 0 Å². The maximum atomic E-state index is 11.1. The van der Waals surface area contributed by atoms with Crippen molar-refractivity contribution in [2.45, 2.75) is 33.3 Å². The molecule has 2 rings (SSSR count). The van der Waals surface area contributed by atoms with Crippen molar-refractivity contribution in [1.29, 1.82) is 0 Å². The molecular formula is C15H17NO3S. The molecule has 0 amide bonds. The van der Waals surface area contributed by atoms with Gasteiger partial charge in [0.15, 0.2) is 0 Å². The van der Waals surface area contributed by atoms with Gasteiger partial charge in [0.05, 0.1) is 10.7 Å². The second kappa shape index (κ2) is 6.52. The fourth-order valence-electron chi connectivity index (χ4n) is 1.82. The smallest absolute Gasteiger partial charge is 0.339 e. The predicted octanol–water partition coefficient (Wildman–Crippen LogP) is 3.68. The summed E-state index contributed by atoms with van der Waals surface area (Å²) in [5, 5.41) is 12.2. The molecule has 1 N–H and O–H groups in total. The van der Waals surface area contributed by atoms with Crippen LogP contribution in [-0.4, -0.2) is 16.1 Å². The van der Waals surface area contributed by atoms with E-state index in [0.717, 1.165) is 29.1 Å². The van der Waals surface area contributed by atoms with Gasteiger partial charge in [0.2, 0.25) is 0 Å². The number of benzene rings is 1. The van der Waals surface area contributed by atoms with Gasteiger partial charge in [-0.15, -0.1) is 11.3 Å². The van der Waals surface area contributed by atoms with E-state index < -0.39 is 5.97 Å². The molecule has 1 aromatic heterocycles. The van der Waals surface area contributed by atoms with Gasteiger partial charge in [-0.25, -0.2) is 9.78 Å². The second-order valence-electron chi connectivity index (χ2n) is 4.58. The summed E-state index contributed by atoms with van der Waals surface area (Å²) in [6, 6.07) is 5.07. The van der Waals surface area contributed by atoms with Gasteiger partial charge in [-0.2, -0.15) is 0 Å². The van der Waals surface area contributed by atoms with Crippen molar-refractivity contribution in [2.24, 2.45) is 0 Å². The lowest BCUT2D eigenvalue weighted by Crippen LogP contribution is -2.04. The number of ether oxygens (including phenoxy) is 1. The zero-order chi connectivity index (χ0) is 14.5. The van der Waals surface area contributed by atoms with Gasteiger partial charge in [-0.05, 0) is 37.5 Å². The van der Waals surface area contributed by atoms with E-state index >= 15 is 0 Å². The summed E-state index contributed by atoms with van der Waals surface area (Å²) in [6.45, 7) is 4.31. The number of aryl methyl sites for hydroxylation is 2. The van der Waals surface area contributed by atoms with Crippen LogP contribution in [-0.2, 0) is 13.0 Å². The first-order chi connectivity index (χ1) is 9.60. The van der Waals surface area contributed by atoms with Crippen LogP contribution in [0.5, 0.6) is 5.75 Å². The number of carbonyl (C=O) groups is 1. The van der Waals surface area contributed by atoms with E-state index in [1.807, 2.05) is 12.3 Å². The number of aromatic nitrogens is 1. The fraction of sp³-hybridized carbons (Fsp3) is 0.333. The highest BCUT2D eigenvalue weighted by atomic mass is 32.1. The normalized spacial score (nSPS) is 10.5. The minimum absolute atomic E-state index is 0.180. The van der Waals surface area contributed by atoms with E-state index in [1.54, 1.807) is 29.5 Å². The largest absolute Gasteiger partial charge is 0.486 e. The molecule has 0 aliphatic carbocycles. The summed E-state index contributed by atoms with van der Waals surface area (Å²) >= 11 is 1.62. The summed E-state index contributed by atoms with van der Waals surface area (Å²) in [4.78, 5) is 15.6. The highest BCUT2D eigenvalue weighted by molar-refractivity contribution is 7.09. The molecule has 0 saturated carbocycles. The van der Waals surface area contributed by atoms with Crippen LogP contribution in [0.3, 0.4) is 0 Å². The first kappa shape index (κ1) is 14.5. The molecule has 0 unspecified atom stereocenters. The van der Waals surface area contributed by atoms with Crippen molar-refractivity contribution in [3.63, 3.8) is 0 Å². The van der Waals surface area contributed by atoms with Crippen LogP contribution in [0.15, 0.2) is 23.6 Å². The van der Waals surface area contributed by atoms with Crippen LogP contribution in [0, 0.1) is 6.92 Å². The summed E-state index contributed by atoms with van der Waals surface area (Å²) < 4.78 is 5.62. The average molecular weight is 291 g/mol. The zero-order valence-electron chi connectivity index (χ0n) is 11.5. The van der Waals surface area contributed by atoms with Gasteiger partial charge < -0.3 is 9.84 Å². The summed E-state index contributed by atoms with van der Waals surface area (Å²) in [6.07, 6.45) is 2.03. The van der Waals surface area contributed by atoms with Crippen LogP contribution < -0.4 is 4.74 Å². The Bertz CT molecular complexity index is 607. The number of aromatic carboxylic acids is 1. The second-order valence-corrected chi connectivity index (χ2v) is 5.52. The van der Waals surface area contributed by atoms with Crippen LogP contribution in [0.25, 0.3) is 0 Å². The molecule has 0 fully saturated rings. The summed E-state index contributed by atoms with van der Waals surface area (Å²) in [5.74, 6) is -0.590. The Labute approximate surface area is 122 Å². The fourth-order valence-corrected chi connectivity index (χ4v) is 2.71. The lowest BCUT2D eigenvalue weighted by molar-refractivity contribution is 0.0691. The minimum atomic E-state index is -0.982. The Kier molecular flexibility index (Phi) is 4.74. The molecule has 5 heteroatoms. The molecule has 0 bridgehead atoms. The van der Waals surface area contributed by atoms with E-state index in [1.165, 1.54) is 0 Å². The highest BCUT2D eigenvalue weighted by Gasteiger charge is 2.12. The van der Waals surface area contributed by atoms with Crippen LogP contribution in [0.1, 0.15) is 40.0 Å². The summed E-state index contributed by atoms with van der Waals surface area (Å²) in [7, 11) is 0. The number of thiazole rings is 1. The Morgan fingerprint density at radius 2 is 2.25 bits per heavy atom. The molecule has 1 heterocycles. The maximum Gasteiger partial charge on any atom is 0.339 e. The molecule has 0 aliphatic rings. The average Bonchev–Trinajstić information content (AvgIpc) is 2.84. The monoisotopic (exact) mass is 291 g/mol. The predicted molar refractivity (Wildman–Crippen MR) is 78.6 cm³/mol. The Morgan fingerprint density at radius 1 is 1.45 bits per heavy atom. The Balaban J connectivity index is 2.09. The molecule has 106 valence electrons. The number of hydrogen-bond acceptors (Lipinski definition) is 4. The zero-order valence-corrected chi connectivity index (χ0v) is 12.4. The van der Waals surface area contributed by atoms with Crippen molar-refractivity contribution in [3.8, 4) is 5.75 Å². The van der Waals surface area contributed by atoms with E-state index in [0.29, 0.717) is 12.4 Å². The van der Waals surface area contributed by atoms with Gasteiger partial charge in [-0.1, -0.05) is 13.0 Å². The molecule has 2 aromatic rings. The first-order valence-electron chi connectivity index (χ1n) is 6.50. The van der Waals surface area contributed by atoms with Crippen molar-refractivity contribution in [1.82, 2.24) is 4.98 Å². The topological polar surface area (TPSA) is 59.4 Å². The lowest BCUT2D eigenvalue weighted by atomic mass is 10.1. The summed E-state index contributed by atoms with van der Waals surface area (Å²) in [5.41, 5.74) is 1.99. The number of nitrogens with zero attached hydrogens (tertiary/aromatic N) is 1. The standard InChI is InChI=1S/C15H17NO3S/c1-3-4-14-16-11(9-20-14)8-19-13-7-10(2)5-6-12(13)15(17)18/h5-7,9H,3-4,8H2,1-2H3,(H,17,18). The number of hydrogen-bond donors (Lipinski definition) is 1. The van der Waals surface area contributed by atoms with Crippen molar-refractivity contribution >= 4 is 17.3 Å². The number of rotatable bonds is 6. The van der Waals surface area contributed by atoms with E-state index in [-0.39, 0.29) is 5.56 Å². The first-order valence-corrected chi connectivity index (χ1v) is 7.38. The Morgan fingerprint density at radius 3 is 2.95 bits per heavy atom. The van der Waals surface area contributed by atoms with Crippen molar-refractivity contribution < 1.29 is 14.6 Å². The third kappa shape index (κ3) is 3.57. The SMILES string of the molecule is CCCc1nc(COc2cc(C)ccc2C(=O)O)cs1. The van der Waals surface area contributed by atoms with Crippen molar-refractivity contribution in [3.05, 3.63) is 45.4 Å². The molecule has 0 atom stereocenters. The quantitative estimate of drug-likeness (QED) is 0.882. The lowest BCUT2D eigenvalue weighted by Gasteiger charge is -2.08. The van der Waals surface area contributed by atoms with Crippen LogP contribution in [0.4, 0.5) is 0 Å². The molecule has 0 spiro atoms. The van der Waals surface area contributed by atoms with E-state index in [4.69, 9.17) is 9.84 Å². The van der Waals surface area contributed by atoms with E-state index in [2.05, 4.69) is 11.9 Å². The van der Waals surface area contributed by atoms with Crippen molar-refractivity contribution in [2.75, 3.05) is 0 Å². The van der Waals surface area contributed by atoms with Crippen LogP contribution in [0.2, 0.25) is 0 Å². The Hall–Kier alpha value is -1.88. The number of carboxylic acids is 1. The molecular weight excluding hydrogens is 274 g/mol. The molecule has 0 saturated heterocycles. The highest BCUT2D eigenvalue weighted by Crippen LogP contribution is 2.22. The van der Waals surface area contributed by atoms with Gasteiger partial charge in [0.1, 0.15) is 17.9 Å². The maximum absolute atomic E-state index is 11.1. The molecule has 0 radical (unpaired) electrons. The van der Waals surface area contributed by atoms with Gasteiger partial charge >= 0.3 is 5.97 Å². The minimum Gasteiger partial charge on any atom is -0.486 e. The number of carboxylic acid groups (broad SMARTS) is 1. The third-order valence-electron chi connectivity index (χ3n) is 2.81. The van der Waals surface area contributed by atoms with Gasteiger partial charge in [0.25, 0.3) is 0 Å². The van der Waals surface area contributed by atoms with E-state index in [9.17, 15) is 4.79 Å². The molecule has 4 nitrogen and oxygen atoms in total. The van der Waals surface area contributed by atoms with Crippen LogP contribution >= 0.6 is 11.3 Å². The third-order valence-corrected chi connectivity index (χ3v) is 3.76. The molecule has 20 heavy (non-hydrogen) atoms.